The Hall–Kier alpha value is -0.440. The van der Waals surface area contributed by atoms with Crippen LogP contribution in [0, 0.1) is 5.92 Å². The maximum Gasteiger partial charge on any atom is 0.441 e. The van der Waals surface area contributed by atoms with Crippen LogP contribution in [0.3, 0.4) is 0 Å². The van der Waals surface area contributed by atoms with Crippen LogP contribution in [0.2, 0.25) is 0 Å². The second-order valence-corrected chi connectivity index (χ2v) is 6.54. The van der Waals surface area contributed by atoms with Gasteiger partial charge in [-0.1, -0.05) is 6.92 Å². The summed E-state index contributed by atoms with van der Waals surface area (Å²) in [5.41, 5.74) is -4.46. The third-order valence-electron chi connectivity index (χ3n) is 1.59. The van der Waals surface area contributed by atoms with Crippen LogP contribution < -0.4 is 0 Å². The van der Waals surface area contributed by atoms with Gasteiger partial charge >= 0.3 is 11.5 Å². The van der Waals surface area contributed by atoms with Crippen LogP contribution in [-0.4, -0.2) is 42.3 Å². The molecule has 0 aliphatic heterocycles. The molecule has 0 aromatic rings. The van der Waals surface area contributed by atoms with Gasteiger partial charge in [0, 0.05) is 5.75 Å². The molecular weight excluding hydrogens is 269 g/mol. The summed E-state index contributed by atoms with van der Waals surface area (Å²) in [6.45, 7) is 1.19. The fourth-order valence-corrected chi connectivity index (χ4v) is 3.47. The third-order valence-corrected chi connectivity index (χ3v) is 4.41. The predicted molar refractivity (Wildman–Crippen MR) is 54.0 cm³/mol. The first-order valence-electron chi connectivity index (χ1n) is 4.17. The molecule has 0 fully saturated rings. The van der Waals surface area contributed by atoms with Gasteiger partial charge in [0.15, 0.2) is 9.84 Å². The molecule has 0 rings (SSSR count). The van der Waals surface area contributed by atoms with E-state index in [-0.39, 0.29) is 0 Å². The van der Waals surface area contributed by atoms with Gasteiger partial charge in [0.05, 0.1) is 17.4 Å². The minimum Gasteiger partial charge on any atom is -0.481 e. The quantitative estimate of drug-likeness (QED) is 0.795. The Labute approximate surface area is 95.1 Å². The summed E-state index contributed by atoms with van der Waals surface area (Å²) in [7, 11) is -3.75. The number of alkyl halides is 3. The molecule has 9 heteroatoms. The Morgan fingerprint density at radius 3 is 2.31 bits per heavy atom. The molecule has 4 nitrogen and oxygen atoms in total. The summed E-state index contributed by atoms with van der Waals surface area (Å²) in [6, 6.07) is 0. The highest BCUT2D eigenvalue weighted by Crippen LogP contribution is 2.30. The number of hydrogen-bond donors (Lipinski definition) is 1. The standard InChI is InChI=1S/C7H11F3O4S2/c1-5(6(11)12)4-16(13,14)3-2-15-7(8,9)10/h5H,2-4H2,1H3,(H,11,12). The minimum absolute atomic E-state index is 0.431. The molecule has 0 aromatic carbocycles. The zero-order valence-electron chi connectivity index (χ0n) is 8.32. The van der Waals surface area contributed by atoms with Crippen molar-refractivity contribution >= 4 is 27.6 Å². The van der Waals surface area contributed by atoms with Crippen molar-refractivity contribution in [2.75, 3.05) is 17.3 Å². The van der Waals surface area contributed by atoms with Gasteiger partial charge < -0.3 is 5.11 Å². The Morgan fingerprint density at radius 2 is 1.94 bits per heavy atom. The van der Waals surface area contributed by atoms with E-state index in [9.17, 15) is 26.4 Å². The molecule has 1 unspecified atom stereocenters. The molecule has 0 saturated carbocycles. The van der Waals surface area contributed by atoms with Crippen molar-refractivity contribution in [1.82, 2.24) is 0 Å². The molecule has 0 heterocycles. The first-order valence-corrected chi connectivity index (χ1v) is 6.98. The SMILES string of the molecule is CC(CS(=O)(=O)CCSC(F)(F)F)C(=O)O. The fourth-order valence-electron chi connectivity index (χ4n) is 0.820. The smallest absolute Gasteiger partial charge is 0.441 e. The fraction of sp³-hybridized carbons (Fsp3) is 0.857. The van der Waals surface area contributed by atoms with Crippen LogP contribution in [-0.2, 0) is 14.6 Å². The van der Waals surface area contributed by atoms with Crippen LogP contribution in [0.5, 0.6) is 0 Å². The first-order chi connectivity index (χ1) is 7.03. The van der Waals surface area contributed by atoms with Crippen LogP contribution in [0.25, 0.3) is 0 Å². The molecule has 1 N–H and O–H groups in total. The van der Waals surface area contributed by atoms with Gasteiger partial charge in [-0.3, -0.25) is 4.79 Å². The van der Waals surface area contributed by atoms with Crippen LogP contribution in [0.15, 0.2) is 0 Å². The first kappa shape index (κ1) is 15.6. The van der Waals surface area contributed by atoms with E-state index in [2.05, 4.69) is 0 Å². The summed E-state index contributed by atoms with van der Waals surface area (Å²) in [5, 5.41) is 8.45. The van der Waals surface area contributed by atoms with E-state index >= 15 is 0 Å². The van der Waals surface area contributed by atoms with E-state index < -0.39 is 56.3 Å². The molecule has 1 atom stereocenters. The highest BCUT2D eigenvalue weighted by atomic mass is 32.2. The second kappa shape index (κ2) is 5.76. The van der Waals surface area contributed by atoms with E-state index in [0.29, 0.717) is 0 Å². The third kappa shape index (κ3) is 7.80. The monoisotopic (exact) mass is 280 g/mol. The molecule has 0 aliphatic carbocycles. The molecule has 0 spiro atoms. The zero-order valence-corrected chi connectivity index (χ0v) is 9.95. The van der Waals surface area contributed by atoms with Gasteiger partial charge in [-0.15, -0.1) is 0 Å². The lowest BCUT2D eigenvalue weighted by Gasteiger charge is -2.08. The van der Waals surface area contributed by atoms with Gasteiger partial charge in [0.1, 0.15) is 0 Å². The number of halogens is 3. The van der Waals surface area contributed by atoms with Gasteiger partial charge in [0.25, 0.3) is 0 Å². The summed E-state index contributed by atoms with van der Waals surface area (Å²) >= 11 is -0.431. The molecule has 0 saturated heterocycles. The molecule has 0 radical (unpaired) electrons. The average Bonchev–Trinajstić information content (AvgIpc) is 1.99. The largest absolute Gasteiger partial charge is 0.481 e. The van der Waals surface area contributed by atoms with Crippen molar-refractivity contribution in [2.45, 2.75) is 12.4 Å². The van der Waals surface area contributed by atoms with Crippen LogP contribution >= 0.6 is 11.8 Å². The summed E-state index contributed by atoms with van der Waals surface area (Å²) in [4.78, 5) is 10.4. The number of hydrogen-bond acceptors (Lipinski definition) is 4. The van der Waals surface area contributed by atoms with E-state index in [1.807, 2.05) is 0 Å². The lowest BCUT2D eigenvalue weighted by molar-refractivity contribution is -0.140. The summed E-state index contributed by atoms with van der Waals surface area (Å²) in [6.07, 6.45) is 0. The highest BCUT2D eigenvalue weighted by Gasteiger charge is 2.29. The predicted octanol–water partition coefficient (Wildman–Crippen LogP) is 1.37. The molecule has 0 aromatic heterocycles. The number of carboxylic acid groups (broad SMARTS) is 1. The normalized spacial score (nSPS) is 14.8. The molecular formula is C7H11F3O4S2. The Kier molecular flexibility index (Phi) is 5.60. The van der Waals surface area contributed by atoms with Crippen molar-refractivity contribution in [3.05, 3.63) is 0 Å². The summed E-state index contributed by atoms with van der Waals surface area (Å²) < 4.78 is 57.5. The van der Waals surface area contributed by atoms with Crippen molar-refractivity contribution in [3.8, 4) is 0 Å². The van der Waals surface area contributed by atoms with Crippen molar-refractivity contribution in [2.24, 2.45) is 5.92 Å². The number of carboxylic acids is 1. The van der Waals surface area contributed by atoms with E-state index in [0.717, 1.165) is 0 Å². The molecule has 0 amide bonds. The van der Waals surface area contributed by atoms with Crippen molar-refractivity contribution in [1.29, 1.82) is 0 Å². The second-order valence-electron chi connectivity index (χ2n) is 3.15. The molecule has 0 aliphatic rings. The van der Waals surface area contributed by atoms with Crippen LogP contribution in [0.4, 0.5) is 13.2 Å². The molecule has 16 heavy (non-hydrogen) atoms. The maximum absolute atomic E-state index is 11.7. The van der Waals surface area contributed by atoms with Crippen molar-refractivity contribution < 1.29 is 31.5 Å². The number of carbonyl (C=O) groups is 1. The van der Waals surface area contributed by atoms with E-state index in [1.165, 1.54) is 6.92 Å². The molecule has 0 bridgehead atoms. The topological polar surface area (TPSA) is 71.4 Å². The zero-order chi connectivity index (χ0) is 13.0. The number of aliphatic carboxylic acids is 1. The van der Waals surface area contributed by atoms with Crippen LogP contribution in [0.1, 0.15) is 6.92 Å². The van der Waals surface area contributed by atoms with Gasteiger partial charge in [0.2, 0.25) is 0 Å². The highest BCUT2D eigenvalue weighted by molar-refractivity contribution is 8.01. The Morgan fingerprint density at radius 1 is 1.44 bits per heavy atom. The van der Waals surface area contributed by atoms with E-state index in [4.69, 9.17) is 5.11 Å². The van der Waals surface area contributed by atoms with Crippen molar-refractivity contribution in [3.63, 3.8) is 0 Å². The Bertz CT molecular complexity index is 336. The molecule has 96 valence electrons. The number of rotatable bonds is 6. The number of thioether (sulfide) groups is 1. The van der Waals surface area contributed by atoms with Gasteiger partial charge in [-0.25, -0.2) is 8.42 Å². The average molecular weight is 280 g/mol. The van der Waals surface area contributed by atoms with E-state index in [1.54, 1.807) is 0 Å². The Balaban J connectivity index is 4.12. The minimum atomic E-state index is -4.46. The summed E-state index contributed by atoms with van der Waals surface area (Å²) in [5.74, 6) is -4.32. The lowest BCUT2D eigenvalue weighted by Crippen LogP contribution is -2.24. The van der Waals surface area contributed by atoms with Gasteiger partial charge in [-0.2, -0.15) is 13.2 Å². The van der Waals surface area contributed by atoms with Gasteiger partial charge in [-0.05, 0) is 11.8 Å². The lowest BCUT2D eigenvalue weighted by atomic mass is 10.2. The maximum atomic E-state index is 11.7. The number of sulfone groups is 1.